The second kappa shape index (κ2) is 13.3. The monoisotopic (exact) mass is 551 g/mol. The van der Waals surface area contributed by atoms with Crippen LogP contribution in [0.4, 0.5) is 21.0 Å². The Morgan fingerprint density at radius 2 is 1.77 bits per heavy atom. The lowest BCUT2D eigenvalue weighted by Gasteiger charge is -2.39. The molecular formula is C29H37N5O6. The summed E-state index contributed by atoms with van der Waals surface area (Å²) in [6, 6.07) is 11.4. The van der Waals surface area contributed by atoms with Crippen LogP contribution in [-0.4, -0.2) is 78.2 Å². The Bertz CT molecular complexity index is 1250. The van der Waals surface area contributed by atoms with Crippen molar-refractivity contribution in [2.24, 2.45) is 5.92 Å². The number of methoxy groups -OCH3 is 1. The molecule has 2 saturated heterocycles. The molecule has 1 unspecified atom stereocenters. The lowest BCUT2D eigenvalue weighted by molar-refractivity contribution is -0.143. The van der Waals surface area contributed by atoms with Crippen molar-refractivity contribution in [3.63, 3.8) is 0 Å². The maximum Gasteiger partial charge on any atom is 0.326 e. The van der Waals surface area contributed by atoms with Crippen LogP contribution >= 0.6 is 0 Å². The fourth-order valence-electron chi connectivity index (χ4n) is 5.23. The predicted molar refractivity (Wildman–Crippen MR) is 151 cm³/mol. The molecule has 2 aromatic carbocycles. The highest BCUT2D eigenvalue weighted by Gasteiger charge is 2.37. The Balaban J connectivity index is 1.48. The number of rotatable bonds is 7. The number of amides is 5. The molecule has 11 heteroatoms. The summed E-state index contributed by atoms with van der Waals surface area (Å²) in [6.45, 7) is 3.81. The van der Waals surface area contributed by atoms with Gasteiger partial charge in [-0.2, -0.15) is 0 Å². The topological polar surface area (TPSA) is 140 Å². The van der Waals surface area contributed by atoms with Gasteiger partial charge in [0.15, 0.2) is 0 Å². The molecule has 2 aliphatic heterocycles. The average molecular weight is 552 g/mol. The van der Waals surface area contributed by atoms with E-state index in [1.54, 1.807) is 18.2 Å². The van der Waals surface area contributed by atoms with Gasteiger partial charge >= 0.3 is 18.0 Å². The van der Waals surface area contributed by atoms with E-state index < -0.39 is 23.9 Å². The number of carboxylic acids is 1. The molecule has 2 aliphatic rings. The van der Waals surface area contributed by atoms with Gasteiger partial charge in [-0.25, -0.2) is 9.59 Å². The zero-order valence-electron chi connectivity index (χ0n) is 22.9. The molecule has 214 valence electrons. The second-order valence-electron chi connectivity index (χ2n) is 10.3. The van der Waals surface area contributed by atoms with Gasteiger partial charge in [0.2, 0.25) is 5.91 Å². The number of hydrogen-bond donors (Lipinski definition) is 4. The third-order valence-corrected chi connectivity index (χ3v) is 7.45. The predicted octanol–water partition coefficient (Wildman–Crippen LogP) is 3.69. The number of likely N-dealkylation sites (tertiary alicyclic amines) is 1. The molecule has 0 bridgehead atoms. The Morgan fingerprint density at radius 1 is 1.05 bits per heavy atom. The van der Waals surface area contributed by atoms with Crippen molar-refractivity contribution in [2.75, 3.05) is 43.9 Å². The van der Waals surface area contributed by atoms with Gasteiger partial charge in [-0.1, -0.05) is 24.3 Å². The van der Waals surface area contributed by atoms with Crippen LogP contribution < -0.4 is 20.7 Å². The molecule has 5 amide bonds. The Kier molecular flexibility index (Phi) is 9.60. The van der Waals surface area contributed by atoms with Crippen LogP contribution in [0.2, 0.25) is 0 Å². The largest absolute Gasteiger partial charge is 0.495 e. The highest BCUT2D eigenvalue weighted by atomic mass is 16.5. The summed E-state index contributed by atoms with van der Waals surface area (Å²) in [6.07, 6.45) is 2.33. The highest BCUT2D eigenvalue weighted by molar-refractivity contribution is 6.01. The quantitative estimate of drug-likeness (QED) is 0.411. The lowest BCUT2D eigenvalue weighted by atomic mass is 9.98. The van der Waals surface area contributed by atoms with Crippen molar-refractivity contribution >= 4 is 35.3 Å². The van der Waals surface area contributed by atoms with E-state index in [0.717, 1.165) is 5.56 Å². The standard InChI is InChI=1S/C29H37N5O6/c1-19-6-3-4-8-23(19)31-28(38)32-24-10-9-20(16-25(24)40-2)17-26(35)34(22-11-13-30-14-12-22)29(39)33-15-5-7-21(18-33)27(36)37/h3-4,6,8-10,16,21-22,30H,5,7,11-15,17-18H2,1-2H3,(H,36,37)(H2,31,32,38). The van der Waals surface area contributed by atoms with Crippen molar-refractivity contribution in [1.82, 2.24) is 15.1 Å². The third-order valence-electron chi connectivity index (χ3n) is 7.45. The minimum atomic E-state index is -0.925. The summed E-state index contributed by atoms with van der Waals surface area (Å²) in [5, 5.41) is 18.3. The summed E-state index contributed by atoms with van der Waals surface area (Å²) in [7, 11) is 1.48. The molecule has 2 aromatic rings. The minimum absolute atomic E-state index is 0.0437. The zero-order chi connectivity index (χ0) is 28.6. The van der Waals surface area contributed by atoms with Crippen LogP contribution in [0.1, 0.15) is 36.8 Å². The maximum atomic E-state index is 13.6. The van der Waals surface area contributed by atoms with E-state index in [1.165, 1.54) is 16.9 Å². The molecule has 4 N–H and O–H groups in total. The number of ether oxygens (including phenoxy) is 1. The number of benzene rings is 2. The molecule has 0 aliphatic carbocycles. The molecule has 2 fully saturated rings. The van der Waals surface area contributed by atoms with Gasteiger partial charge < -0.3 is 30.7 Å². The van der Waals surface area contributed by atoms with E-state index in [1.807, 2.05) is 31.2 Å². The van der Waals surface area contributed by atoms with Crippen LogP contribution in [0.5, 0.6) is 5.75 Å². The highest BCUT2D eigenvalue weighted by Crippen LogP contribution is 2.28. The molecule has 0 saturated carbocycles. The number of nitrogens with one attached hydrogen (secondary N) is 3. The van der Waals surface area contributed by atoms with Gasteiger partial charge in [0, 0.05) is 24.8 Å². The summed E-state index contributed by atoms with van der Waals surface area (Å²) in [4.78, 5) is 54.2. The number of hydrogen-bond acceptors (Lipinski definition) is 6. The van der Waals surface area contributed by atoms with Gasteiger partial charge in [0.25, 0.3) is 0 Å². The SMILES string of the molecule is COc1cc(CC(=O)N(C(=O)N2CCCC(C(=O)O)C2)C2CCNCC2)ccc1NC(=O)Nc1ccccc1C. The van der Waals surface area contributed by atoms with E-state index in [9.17, 15) is 24.3 Å². The Hall–Kier alpha value is -4.12. The van der Waals surface area contributed by atoms with Crippen LogP contribution in [0, 0.1) is 12.8 Å². The number of carbonyl (C=O) groups excluding carboxylic acids is 3. The second-order valence-corrected chi connectivity index (χ2v) is 10.3. The number of anilines is 2. The Labute approximate surface area is 233 Å². The number of carbonyl (C=O) groups is 4. The average Bonchev–Trinajstić information content (AvgIpc) is 2.95. The first-order valence-electron chi connectivity index (χ1n) is 13.6. The molecule has 4 rings (SSSR count). The smallest absolute Gasteiger partial charge is 0.326 e. The van der Waals surface area contributed by atoms with Crippen molar-refractivity contribution in [3.05, 3.63) is 53.6 Å². The molecule has 40 heavy (non-hydrogen) atoms. The number of urea groups is 2. The van der Waals surface area contributed by atoms with Gasteiger partial charge in [-0.05, 0) is 75.0 Å². The molecule has 0 radical (unpaired) electrons. The summed E-state index contributed by atoms with van der Waals surface area (Å²) >= 11 is 0. The molecule has 0 spiro atoms. The molecule has 2 heterocycles. The van der Waals surface area contributed by atoms with Crippen molar-refractivity contribution < 1.29 is 29.0 Å². The first-order valence-corrected chi connectivity index (χ1v) is 13.6. The van der Waals surface area contributed by atoms with Gasteiger partial charge in [-0.15, -0.1) is 0 Å². The Morgan fingerprint density at radius 3 is 2.48 bits per heavy atom. The van der Waals surface area contributed by atoms with Gasteiger partial charge in [-0.3, -0.25) is 14.5 Å². The van der Waals surface area contributed by atoms with E-state index in [-0.39, 0.29) is 24.9 Å². The third kappa shape index (κ3) is 7.09. The molecule has 11 nitrogen and oxygen atoms in total. The number of para-hydroxylation sites is 1. The summed E-state index contributed by atoms with van der Waals surface area (Å²) in [5.74, 6) is -1.53. The first-order chi connectivity index (χ1) is 19.3. The van der Waals surface area contributed by atoms with E-state index in [0.29, 0.717) is 68.0 Å². The van der Waals surface area contributed by atoms with Gasteiger partial charge in [0.1, 0.15) is 5.75 Å². The number of aryl methyl sites for hydroxylation is 1. The van der Waals surface area contributed by atoms with Crippen LogP contribution in [0.25, 0.3) is 0 Å². The minimum Gasteiger partial charge on any atom is -0.495 e. The van der Waals surface area contributed by atoms with Crippen molar-refractivity contribution in [2.45, 2.75) is 45.1 Å². The lowest BCUT2D eigenvalue weighted by Crippen LogP contribution is -2.56. The molecule has 1 atom stereocenters. The summed E-state index contributed by atoms with van der Waals surface area (Å²) < 4.78 is 5.49. The summed E-state index contributed by atoms with van der Waals surface area (Å²) in [5.41, 5.74) is 2.67. The van der Waals surface area contributed by atoms with Crippen LogP contribution in [0.3, 0.4) is 0 Å². The van der Waals surface area contributed by atoms with Crippen LogP contribution in [0.15, 0.2) is 42.5 Å². The maximum absolute atomic E-state index is 13.6. The van der Waals surface area contributed by atoms with E-state index in [4.69, 9.17) is 4.74 Å². The first kappa shape index (κ1) is 28.9. The number of piperidine rings is 2. The fourth-order valence-corrected chi connectivity index (χ4v) is 5.23. The van der Waals surface area contributed by atoms with Crippen LogP contribution in [-0.2, 0) is 16.0 Å². The molecule has 0 aromatic heterocycles. The zero-order valence-corrected chi connectivity index (χ0v) is 22.9. The normalized spacial score (nSPS) is 17.6. The number of carboxylic acid groups (broad SMARTS) is 1. The van der Waals surface area contributed by atoms with E-state index >= 15 is 0 Å². The fraction of sp³-hybridized carbons (Fsp3) is 0.448. The van der Waals surface area contributed by atoms with Crippen molar-refractivity contribution in [1.29, 1.82) is 0 Å². The van der Waals surface area contributed by atoms with Crippen molar-refractivity contribution in [3.8, 4) is 5.75 Å². The number of aliphatic carboxylic acids is 1. The van der Waals surface area contributed by atoms with Gasteiger partial charge in [0.05, 0.1) is 25.1 Å². The van der Waals surface area contributed by atoms with E-state index in [2.05, 4.69) is 16.0 Å². The number of nitrogens with zero attached hydrogens (tertiary/aromatic N) is 2. The number of imide groups is 1. The molecular weight excluding hydrogens is 514 g/mol.